The molecule has 2 N–H and O–H groups in total. The maximum Gasteiger partial charge on any atom is 0.342 e. The van der Waals surface area contributed by atoms with Gasteiger partial charge in [0, 0.05) is 26.1 Å². The maximum atomic E-state index is 10.8. The topological polar surface area (TPSA) is 90.2 Å². The highest BCUT2D eigenvalue weighted by atomic mass is 16.6. The van der Waals surface area contributed by atoms with Gasteiger partial charge < -0.3 is 15.8 Å². The fraction of sp³-hybridized carbons (Fsp3) is 0.727. The van der Waals surface area contributed by atoms with Crippen LogP contribution in [0.3, 0.4) is 0 Å². The zero-order valence-electron chi connectivity index (χ0n) is 10.6. The molecule has 7 nitrogen and oxygen atoms in total. The highest BCUT2D eigenvalue weighted by Gasteiger charge is 2.20. The number of nitrogens with two attached hydrogens (primary N) is 1. The monoisotopic (exact) mass is 253 g/mol. The van der Waals surface area contributed by atoms with Crippen LogP contribution in [0.15, 0.2) is 6.20 Å². The van der Waals surface area contributed by atoms with E-state index < -0.39 is 0 Å². The average Bonchev–Trinajstić information content (AvgIpc) is 2.68. The third-order valence-corrected chi connectivity index (χ3v) is 3.40. The molecule has 2 rings (SSSR count). The van der Waals surface area contributed by atoms with Gasteiger partial charge in [0.2, 0.25) is 0 Å². The van der Waals surface area contributed by atoms with Crippen molar-refractivity contribution in [2.75, 3.05) is 19.6 Å². The number of nitro groups is 1. The summed E-state index contributed by atoms with van der Waals surface area (Å²) in [7, 11) is 0. The van der Waals surface area contributed by atoms with E-state index in [-0.39, 0.29) is 16.8 Å². The molecule has 1 atom stereocenters. The Morgan fingerprint density at radius 2 is 2.39 bits per heavy atom. The van der Waals surface area contributed by atoms with E-state index in [4.69, 9.17) is 5.73 Å². The van der Waals surface area contributed by atoms with E-state index in [1.807, 2.05) is 0 Å². The van der Waals surface area contributed by atoms with E-state index in [9.17, 15) is 10.1 Å². The van der Waals surface area contributed by atoms with Crippen LogP contribution in [0.5, 0.6) is 0 Å². The van der Waals surface area contributed by atoms with Crippen molar-refractivity contribution >= 4 is 5.82 Å². The average molecular weight is 253 g/mol. The molecule has 1 unspecified atom stereocenters. The standard InChI is InChI=1S/C11H19N5O2/c1-9-13-7-11(16(17)18)15(9)6-5-14-4-2-3-10(12)8-14/h7,10H,2-6,8,12H2,1H3. The molecule has 7 heteroatoms. The van der Waals surface area contributed by atoms with Gasteiger partial charge in [-0.3, -0.25) is 4.90 Å². The fourth-order valence-electron chi connectivity index (χ4n) is 2.41. The van der Waals surface area contributed by atoms with E-state index in [0.717, 1.165) is 32.5 Å². The van der Waals surface area contributed by atoms with Gasteiger partial charge >= 0.3 is 5.82 Å². The molecule has 0 bridgehead atoms. The fourth-order valence-corrected chi connectivity index (χ4v) is 2.41. The first-order valence-electron chi connectivity index (χ1n) is 6.22. The number of imidazole rings is 1. The van der Waals surface area contributed by atoms with Crippen LogP contribution in [0.2, 0.25) is 0 Å². The zero-order valence-corrected chi connectivity index (χ0v) is 10.6. The van der Waals surface area contributed by atoms with E-state index in [2.05, 4.69) is 9.88 Å². The predicted molar refractivity (Wildman–Crippen MR) is 67.3 cm³/mol. The Morgan fingerprint density at radius 3 is 3.06 bits per heavy atom. The SMILES string of the molecule is Cc1ncc([N+](=O)[O-])n1CCN1CCCC(N)C1. The molecular weight excluding hydrogens is 234 g/mol. The van der Waals surface area contributed by atoms with E-state index >= 15 is 0 Å². The second kappa shape index (κ2) is 5.45. The van der Waals surface area contributed by atoms with Crippen molar-refractivity contribution in [1.82, 2.24) is 14.5 Å². The van der Waals surface area contributed by atoms with Crippen molar-refractivity contribution in [3.63, 3.8) is 0 Å². The number of hydrogen-bond donors (Lipinski definition) is 1. The minimum atomic E-state index is -0.387. The molecule has 0 aliphatic carbocycles. The van der Waals surface area contributed by atoms with Crippen molar-refractivity contribution in [2.45, 2.75) is 32.4 Å². The summed E-state index contributed by atoms with van der Waals surface area (Å²) in [5, 5.41) is 10.8. The van der Waals surface area contributed by atoms with Gasteiger partial charge in [-0.2, -0.15) is 0 Å². The van der Waals surface area contributed by atoms with Crippen LogP contribution in [0.4, 0.5) is 5.82 Å². The zero-order chi connectivity index (χ0) is 13.1. The van der Waals surface area contributed by atoms with Gasteiger partial charge in [-0.15, -0.1) is 0 Å². The molecule has 0 saturated carbocycles. The summed E-state index contributed by atoms with van der Waals surface area (Å²) in [4.78, 5) is 16.7. The summed E-state index contributed by atoms with van der Waals surface area (Å²) in [6.07, 6.45) is 3.49. The van der Waals surface area contributed by atoms with Crippen LogP contribution in [0.1, 0.15) is 18.7 Å². The normalized spacial score (nSPS) is 21.1. The Labute approximate surface area is 106 Å². The first kappa shape index (κ1) is 13.0. The number of aryl methyl sites for hydroxylation is 1. The second-order valence-corrected chi connectivity index (χ2v) is 4.78. The minimum absolute atomic E-state index is 0.0637. The van der Waals surface area contributed by atoms with Crippen molar-refractivity contribution in [1.29, 1.82) is 0 Å². The van der Waals surface area contributed by atoms with Crippen molar-refractivity contribution in [3.05, 3.63) is 22.1 Å². The Bertz CT molecular complexity index is 431. The molecule has 100 valence electrons. The van der Waals surface area contributed by atoms with Gasteiger partial charge in [0.25, 0.3) is 0 Å². The second-order valence-electron chi connectivity index (χ2n) is 4.78. The molecule has 1 aliphatic heterocycles. The van der Waals surface area contributed by atoms with Crippen LogP contribution in [0.25, 0.3) is 0 Å². The van der Waals surface area contributed by atoms with Crippen LogP contribution in [-0.2, 0) is 6.54 Å². The molecule has 2 heterocycles. The van der Waals surface area contributed by atoms with Gasteiger partial charge in [0.15, 0.2) is 5.82 Å². The van der Waals surface area contributed by atoms with Gasteiger partial charge in [-0.05, 0) is 24.3 Å². The molecular formula is C11H19N5O2. The number of piperidine rings is 1. The molecule has 1 aromatic heterocycles. The first-order valence-corrected chi connectivity index (χ1v) is 6.22. The molecule has 18 heavy (non-hydrogen) atoms. The summed E-state index contributed by atoms with van der Waals surface area (Å²) in [6.45, 7) is 5.06. The van der Waals surface area contributed by atoms with Crippen molar-refractivity contribution in [3.8, 4) is 0 Å². The number of nitrogens with zero attached hydrogens (tertiary/aromatic N) is 4. The Morgan fingerprint density at radius 1 is 1.61 bits per heavy atom. The number of likely N-dealkylation sites (tertiary alicyclic amines) is 1. The molecule has 1 fully saturated rings. The lowest BCUT2D eigenvalue weighted by Gasteiger charge is -2.30. The third kappa shape index (κ3) is 2.85. The summed E-state index contributed by atoms with van der Waals surface area (Å²) in [5.41, 5.74) is 5.91. The molecule has 0 amide bonds. The summed E-state index contributed by atoms with van der Waals surface area (Å²) in [5.74, 6) is 0.747. The predicted octanol–water partition coefficient (Wildman–Crippen LogP) is 0.523. The van der Waals surface area contributed by atoms with E-state index in [1.54, 1.807) is 11.5 Å². The van der Waals surface area contributed by atoms with Crippen LogP contribution in [-0.4, -0.2) is 45.1 Å². The van der Waals surface area contributed by atoms with Crippen LogP contribution in [0, 0.1) is 17.0 Å². The van der Waals surface area contributed by atoms with Crippen LogP contribution < -0.4 is 5.73 Å². The molecule has 1 aromatic rings. The molecule has 0 aromatic carbocycles. The lowest BCUT2D eigenvalue weighted by atomic mass is 10.1. The Hall–Kier alpha value is -1.47. The smallest absolute Gasteiger partial charge is 0.342 e. The number of aromatic nitrogens is 2. The summed E-state index contributed by atoms with van der Waals surface area (Å²) < 4.78 is 1.65. The first-order chi connectivity index (χ1) is 8.58. The number of hydrogen-bond acceptors (Lipinski definition) is 5. The molecule has 0 spiro atoms. The third-order valence-electron chi connectivity index (χ3n) is 3.40. The largest absolute Gasteiger partial charge is 0.358 e. The van der Waals surface area contributed by atoms with Gasteiger partial charge in [0.1, 0.15) is 12.7 Å². The van der Waals surface area contributed by atoms with Gasteiger partial charge in [0.05, 0.1) is 0 Å². The Kier molecular flexibility index (Phi) is 3.93. The highest BCUT2D eigenvalue weighted by molar-refractivity contribution is 5.18. The highest BCUT2D eigenvalue weighted by Crippen LogP contribution is 2.14. The minimum Gasteiger partial charge on any atom is -0.358 e. The molecule has 1 saturated heterocycles. The maximum absolute atomic E-state index is 10.8. The number of rotatable bonds is 4. The van der Waals surface area contributed by atoms with Crippen LogP contribution >= 0.6 is 0 Å². The van der Waals surface area contributed by atoms with Gasteiger partial charge in [-0.1, -0.05) is 0 Å². The molecule has 1 aliphatic rings. The quantitative estimate of drug-likeness (QED) is 0.624. The lowest BCUT2D eigenvalue weighted by Crippen LogP contribution is -2.43. The van der Waals surface area contributed by atoms with Crippen molar-refractivity contribution in [2.24, 2.45) is 5.73 Å². The van der Waals surface area contributed by atoms with E-state index in [1.165, 1.54) is 6.20 Å². The van der Waals surface area contributed by atoms with E-state index in [0.29, 0.717) is 12.4 Å². The Balaban J connectivity index is 1.97. The molecule has 0 radical (unpaired) electrons. The summed E-state index contributed by atoms with van der Waals surface area (Å²) in [6, 6.07) is 0.234. The van der Waals surface area contributed by atoms with Crippen molar-refractivity contribution < 1.29 is 4.92 Å². The van der Waals surface area contributed by atoms with Gasteiger partial charge in [-0.25, -0.2) is 9.55 Å². The summed E-state index contributed by atoms with van der Waals surface area (Å²) >= 11 is 0. The lowest BCUT2D eigenvalue weighted by molar-refractivity contribution is -0.392.